The Hall–Kier alpha value is -4.20. The lowest BCUT2D eigenvalue weighted by molar-refractivity contribution is 0.0971. The molecule has 178 valence electrons. The number of allylic oxidation sites excluding steroid dienone is 1. The van der Waals surface area contributed by atoms with Gasteiger partial charge in [-0.2, -0.15) is 0 Å². The highest BCUT2D eigenvalue weighted by atomic mass is 16.5. The maximum atomic E-state index is 13.7. The number of nitrogens with zero attached hydrogens (tertiary/aromatic N) is 4. The number of methoxy groups -OCH3 is 2. The minimum absolute atomic E-state index is 0.372. The predicted octanol–water partition coefficient (Wildman–Crippen LogP) is 4.36. The Morgan fingerprint density at radius 2 is 1.80 bits per heavy atom. The summed E-state index contributed by atoms with van der Waals surface area (Å²) >= 11 is 0. The molecule has 5 rings (SSSR count). The van der Waals surface area contributed by atoms with E-state index in [-0.39, 0.29) is 0 Å². The molecule has 35 heavy (non-hydrogen) atoms. The molecular formula is C27H26N4O4. The summed E-state index contributed by atoms with van der Waals surface area (Å²) in [5.74, 6) is 2.11. The van der Waals surface area contributed by atoms with Gasteiger partial charge < -0.3 is 14.0 Å². The highest BCUT2D eigenvalue weighted by Crippen LogP contribution is 2.28. The Morgan fingerprint density at radius 3 is 2.63 bits per heavy atom. The highest BCUT2D eigenvalue weighted by Gasteiger charge is 2.21. The molecule has 0 saturated carbocycles. The molecule has 3 heterocycles. The van der Waals surface area contributed by atoms with Gasteiger partial charge in [0.1, 0.15) is 5.82 Å². The topological polar surface area (TPSA) is 88.2 Å². The van der Waals surface area contributed by atoms with Crippen LogP contribution < -0.4 is 15.0 Å². The molecule has 0 bridgehead atoms. The number of rotatable bonds is 5. The Kier molecular flexibility index (Phi) is 6.18. The summed E-state index contributed by atoms with van der Waals surface area (Å²) < 4.78 is 13.8. The number of benzene rings is 2. The van der Waals surface area contributed by atoms with Gasteiger partial charge in [-0.1, -0.05) is 30.7 Å². The first-order valence-corrected chi connectivity index (χ1v) is 11.6. The number of para-hydroxylation sites is 1. The van der Waals surface area contributed by atoms with Crippen LogP contribution in [0.5, 0.6) is 11.5 Å². The van der Waals surface area contributed by atoms with Gasteiger partial charge in [0.15, 0.2) is 17.3 Å². The maximum Gasteiger partial charge on any atom is 0.269 e. The number of aryl methyl sites for hydroxylation is 1. The summed E-state index contributed by atoms with van der Waals surface area (Å²) in [7, 11) is 3.12. The zero-order valence-corrected chi connectivity index (χ0v) is 19.7. The summed E-state index contributed by atoms with van der Waals surface area (Å²) in [4.78, 5) is 27.1. The first-order chi connectivity index (χ1) is 17.1. The van der Waals surface area contributed by atoms with Crippen LogP contribution in [0.1, 0.15) is 35.4 Å². The van der Waals surface area contributed by atoms with Gasteiger partial charge in [0.2, 0.25) is 0 Å². The van der Waals surface area contributed by atoms with E-state index >= 15 is 0 Å². The van der Waals surface area contributed by atoms with Crippen LogP contribution in [0.25, 0.3) is 28.4 Å². The van der Waals surface area contributed by atoms with Crippen LogP contribution in [-0.4, -0.2) is 39.5 Å². The molecule has 2 aromatic heterocycles. The molecule has 0 saturated heterocycles. The average molecular weight is 471 g/mol. The molecule has 1 aliphatic rings. The van der Waals surface area contributed by atoms with E-state index in [0.717, 1.165) is 49.0 Å². The molecule has 0 amide bonds. The lowest BCUT2D eigenvalue weighted by Gasteiger charge is -2.12. The van der Waals surface area contributed by atoms with Crippen molar-refractivity contribution in [3.8, 4) is 22.9 Å². The number of ether oxygens (including phenoxy) is 2. The van der Waals surface area contributed by atoms with Crippen LogP contribution in [0.2, 0.25) is 0 Å². The summed E-state index contributed by atoms with van der Waals surface area (Å²) in [5, 5.41) is 9.47. The van der Waals surface area contributed by atoms with Crippen LogP contribution in [0.3, 0.4) is 0 Å². The molecular weight excluding hydrogens is 444 g/mol. The SMILES string of the molecule is COc1ccc(C=CC(=O)n2c(=O)c(-c3nnc4n3CCCCC4)cc3ccccc32)cc1OC. The first-order valence-electron chi connectivity index (χ1n) is 11.6. The Morgan fingerprint density at radius 1 is 0.971 bits per heavy atom. The summed E-state index contributed by atoms with van der Waals surface area (Å²) in [6.07, 6.45) is 7.06. The zero-order chi connectivity index (χ0) is 24.4. The Bertz CT molecular complexity index is 1500. The van der Waals surface area contributed by atoms with Crippen molar-refractivity contribution in [1.82, 2.24) is 19.3 Å². The third kappa shape index (κ3) is 4.23. The molecule has 0 fully saturated rings. The van der Waals surface area contributed by atoms with Gasteiger partial charge in [0.25, 0.3) is 11.5 Å². The lowest BCUT2D eigenvalue weighted by Crippen LogP contribution is -2.28. The van der Waals surface area contributed by atoms with Gasteiger partial charge in [-0.15, -0.1) is 10.2 Å². The Labute approximate surface area is 202 Å². The van der Waals surface area contributed by atoms with E-state index in [1.165, 1.54) is 10.6 Å². The second kappa shape index (κ2) is 9.58. The van der Waals surface area contributed by atoms with Gasteiger partial charge in [-0.05, 0) is 54.1 Å². The summed E-state index contributed by atoms with van der Waals surface area (Å²) in [6, 6.07) is 14.5. The van der Waals surface area contributed by atoms with Gasteiger partial charge in [-0.25, -0.2) is 4.57 Å². The summed E-state index contributed by atoms with van der Waals surface area (Å²) in [6.45, 7) is 0.761. The molecule has 8 heteroatoms. The van der Waals surface area contributed by atoms with Gasteiger partial charge in [-0.3, -0.25) is 9.59 Å². The predicted molar refractivity (Wildman–Crippen MR) is 134 cm³/mol. The largest absolute Gasteiger partial charge is 0.493 e. The highest BCUT2D eigenvalue weighted by molar-refractivity contribution is 6.00. The molecule has 1 aliphatic heterocycles. The molecule has 0 unspecified atom stereocenters. The van der Waals surface area contributed by atoms with E-state index in [0.29, 0.717) is 28.4 Å². The van der Waals surface area contributed by atoms with Crippen LogP contribution in [0.4, 0.5) is 0 Å². The molecule has 0 radical (unpaired) electrons. The Balaban J connectivity index is 1.60. The maximum absolute atomic E-state index is 13.7. The van der Waals surface area contributed by atoms with E-state index in [9.17, 15) is 9.59 Å². The third-order valence-electron chi connectivity index (χ3n) is 6.31. The van der Waals surface area contributed by atoms with E-state index in [4.69, 9.17) is 9.47 Å². The van der Waals surface area contributed by atoms with Crippen molar-refractivity contribution in [2.45, 2.75) is 32.2 Å². The lowest BCUT2D eigenvalue weighted by atomic mass is 10.1. The minimum atomic E-state index is -0.446. The van der Waals surface area contributed by atoms with Crippen LogP contribution in [0.15, 0.2) is 59.4 Å². The van der Waals surface area contributed by atoms with Crippen molar-refractivity contribution in [2.24, 2.45) is 0 Å². The molecule has 0 atom stereocenters. The molecule has 2 aromatic carbocycles. The number of carbonyl (C=O) groups excluding carboxylic acids is 1. The number of aromatic nitrogens is 4. The van der Waals surface area contributed by atoms with Gasteiger partial charge in [0.05, 0.1) is 25.3 Å². The van der Waals surface area contributed by atoms with Crippen LogP contribution in [-0.2, 0) is 13.0 Å². The average Bonchev–Trinajstić information content (AvgIpc) is 3.13. The van der Waals surface area contributed by atoms with E-state index in [2.05, 4.69) is 10.2 Å². The number of pyridine rings is 1. The second-order valence-corrected chi connectivity index (χ2v) is 8.45. The molecule has 0 aliphatic carbocycles. The number of fused-ring (bicyclic) bond motifs is 2. The van der Waals surface area contributed by atoms with E-state index < -0.39 is 11.5 Å². The van der Waals surface area contributed by atoms with Crippen molar-refractivity contribution in [2.75, 3.05) is 14.2 Å². The fraction of sp³-hybridized carbons (Fsp3) is 0.259. The molecule has 4 aromatic rings. The number of carbonyl (C=O) groups is 1. The molecule has 0 spiro atoms. The van der Waals surface area contributed by atoms with Crippen molar-refractivity contribution in [3.63, 3.8) is 0 Å². The fourth-order valence-electron chi connectivity index (χ4n) is 4.52. The molecule has 8 nitrogen and oxygen atoms in total. The van der Waals surface area contributed by atoms with Crippen molar-refractivity contribution in [3.05, 3.63) is 76.3 Å². The fourth-order valence-corrected chi connectivity index (χ4v) is 4.52. The van der Waals surface area contributed by atoms with Gasteiger partial charge >= 0.3 is 0 Å². The van der Waals surface area contributed by atoms with Crippen LogP contribution >= 0.6 is 0 Å². The number of hydrogen-bond donors (Lipinski definition) is 0. The smallest absolute Gasteiger partial charge is 0.269 e. The quantitative estimate of drug-likeness (QED) is 0.403. The van der Waals surface area contributed by atoms with E-state index in [1.54, 1.807) is 38.5 Å². The second-order valence-electron chi connectivity index (χ2n) is 8.45. The van der Waals surface area contributed by atoms with Crippen molar-refractivity contribution >= 4 is 22.9 Å². The van der Waals surface area contributed by atoms with E-state index in [1.807, 2.05) is 34.9 Å². The first kappa shape index (κ1) is 22.6. The number of hydrogen-bond acceptors (Lipinski definition) is 6. The van der Waals surface area contributed by atoms with Crippen LogP contribution in [0, 0.1) is 0 Å². The van der Waals surface area contributed by atoms with Gasteiger partial charge in [0, 0.05) is 19.0 Å². The summed E-state index contributed by atoms with van der Waals surface area (Å²) in [5.41, 5.74) is 1.24. The zero-order valence-electron chi connectivity index (χ0n) is 19.7. The monoisotopic (exact) mass is 470 g/mol. The minimum Gasteiger partial charge on any atom is -0.493 e. The standard InChI is InChI=1S/C27H26N4O4/c1-34-22-13-11-18(16-23(22)35-2)12-14-25(32)31-21-9-6-5-8-19(21)17-20(27(31)33)26-29-28-24-10-4-3-7-15-30(24)26/h5-6,8-9,11-14,16-17H,3-4,7,10,15H2,1-2H3. The van der Waals surface area contributed by atoms with Crippen molar-refractivity contribution < 1.29 is 14.3 Å². The third-order valence-corrected chi connectivity index (χ3v) is 6.31. The normalized spacial score (nSPS) is 13.5. The van der Waals surface area contributed by atoms with Crippen molar-refractivity contribution in [1.29, 1.82) is 0 Å². The molecule has 0 N–H and O–H groups in total.